The van der Waals surface area contributed by atoms with Crippen molar-refractivity contribution in [3.05, 3.63) is 47.6 Å². The molecule has 1 aromatic carbocycles. The average molecular weight is 287 g/mol. The Morgan fingerprint density at radius 3 is 2.71 bits per heavy atom. The molecule has 0 unspecified atom stereocenters. The van der Waals surface area contributed by atoms with Gasteiger partial charge in [0.2, 0.25) is 5.89 Å². The molecule has 0 saturated heterocycles. The van der Waals surface area contributed by atoms with Gasteiger partial charge in [-0.25, -0.2) is 4.99 Å². The maximum Gasteiger partial charge on any atom is 0.228 e. The number of nitrogens with one attached hydrogen (secondary N) is 2. The minimum absolute atomic E-state index is 0.638. The fraction of sp³-hybridized carbons (Fsp3) is 0.400. The molecule has 0 radical (unpaired) electrons. The largest absolute Gasteiger partial charge is 0.357 e. The van der Waals surface area contributed by atoms with Gasteiger partial charge in [0, 0.05) is 19.5 Å². The molecule has 0 fully saturated rings. The highest BCUT2D eigenvalue weighted by Crippen LogP contribution is 2.00. The van der Waals surface area contributed by atoms with Crippen molar-refractivity contribution in [2.45, 2.75) is 26.8 Å². The van der Waals surface area contributed by atoms with Crippen molar-refractivity contribution < 1.29 is 4.52 Å². The van der Waals surface area contributed by atoms with Crippen LogP contribution in [0.5, 0.6) is 0 Å². The number of nitrogens with zero attached hydrogens (tertiary/aromatic N) is 3. The van der Waals surface area contributed by atoms with Crippen LogP contribution in [0.25, 0.3) is 0 Å². The summed E-state index contributed by atoms with van der Waals surface area (Å²) in [5.74, 6) is 2.09. The Kier molecular flexibility index (Phi) is 5.75. The van der Waals surface area contributed by atoms with Gasteiger partial charge in [-0.15, -0.1) is 0 Å². The second-order valence-corrected chi connectivity index (χ2v) is 4.59. The minimum atomic E-state index is 0.638. The van der Waals surface area contributed by atoms with Crippen LogP contribution in [0.3, 0.4) is 0 Å². The van der Waals surface area contributed by atoms with Gasteiger partial charge >= 0.3 is 0 Å². The predicted octanol–water partition coefficient (Wildman–Crippen LogP) is 1.68. The van der Waals surface area contributed by atoms with Crippen molar-refractivity contribution in [3.8, 4) is 0 Å². The molecule has 6 heteroatoms. The fourth-order valence-electron chi connectivity index (χ4n) is 1.82. The van der Waals surface area contributed by atoms with E-state index in [9.17, 15) is 0 Å². The van der Waals surface area contributed by atoms with Crippen LogP contribution in [-0.2, 0) is 13.0 Å². The van der Waals surface area contributed by atoms with Crippen LogP contribution in [0.15, 0.2) is 39.8 Å². The van der Waals surface area contributed by atoms with Crippen LogP contribution >= 0.6 is 0 Å². The van der Waals surface area contributed by atoms with E-state index in [2.05, 4.69) is 37.9 Å². The molecule has 0 aliphatic rings. The van der Waals surface area contributed by atoms with E-state index in [1.165, 1.54) is 5.56 Å². The summed E-state index contributed by atoms with van der Waals surface area (Å²) in [5.41, 5.74) is 1.18. The lowest BCUT2D eigenvalue weighted by Gasteiger charge is -2.10. The standard InChI is InChI=1S/C15H21N5O/c1-3-16-15(18-11-13-7-5-4-6-8-13)17-10-9-14-19-12(2)20-21-14/h4-8H,3,9-11H2,1-2H3,(H2,16,17,18). The SMILES string of the molecule is CCNC(=NCc1ccccc1)NCCc1nc(C)no1. The van der Waals surface area contributed by atoms with E-state index in [1.807, 2.05) is 32.0 Å². The molecule has 0 bridgehead atoms. The number of hydrogen-bond acceptors (Lipinski definition) is 4. The lowest BCUT2D eigenvalue weighted by molar-refractivity contribution is 0.374. The molecule has 1 heterocycles. The van der Waals surface area contributed by atoms with Gasteiger partial charge in [-0.05, 0) is 19.4 Å². The summed E-state index contributed by atoms with van der Waals surface area (Å²) in [6.45, 7) is 6.02. The van der Waals surface area contributed by atoms with Crippen LogP contribution in [-0.4, -0.2) is 29.2 Å². The zero-order valence-electron chi connectivity index (χ0n) is 12.5. The topological polar surface area (TPSA) is 75.3 Å². The Morgan fingerprint density at radius 2 is 2.05 bits per heavy atom. The lowest BCUT2D eigenvalue weighted by Crippen LogP contribution is -2.38. The average Bonchev–Trinajstić information content (AvgIpc) is 2.91. The van der Waals surface area contributed by atoms with Gasteiger partial charge in [0.1, 0.15) is 0 Å². The van der Waals surface area contributed by atoms with Crippen LogP contribution in [0, 0.1) is 6.92 Å². The van der Waals surface area contributed by atoms with Gasteiger partial charge in [-0.1, -0.05) is 35.5 Å². The molecule has 0 amide bonds. The highest BCUT2D eigenvalue weighted by molar-refractivity contribution is 5.79. The van der Waals surface area contributed by atoms with Gasteiger partial charge < -0.3 is 15.2 Å². The van der Waals surface area contributed by atoms with Crippen molar-refractivity contribution >= 4 is 5.96 Å². The van der Waals surface area contributed by atoms with Gasteiger partial charge in [0.15, 0.2) is 11.8 Å². The molecule has 21 heavy (non-hydrogen) atoms. The molecule has 2 rings (SSSR count). The second kappa shape index (κ2) is 8.04. The summed E-state index contributed by atoms with van der Waals surface area (Å²) in [7, 11) is 0. The van der Waals surface area contributed by atoms with Crippen molar-refractivity contribution in [1.82, 2.24) is 20.8 Å². The zero-order valence-corrected chi connectivity index (χ0v) is 12.5. The van der Waals surface area contributed by atoms with Crippen LogP contribution in [0.2, 0.25) is 0 Å². The van der Waals surface area contributed by atoms with E-state index in [0.29, 0.717) is 31.2 Å². The molecule has 0 aliphatic carbocycles. The predicted molar refractivity (Wildman–Crippen MR) is 82.0 cm³/mol. The van der Waals surface area contributed by atoms with Crippen LogP contribution in [0.4, 0.5) is 0 Å². The quantitative estimate of drug-likeness (QED) is 0.624. The van der Waals surface area contributed by atoms with E-state index in [-0.39, 0.29) is 0 Å². The normalized spacial score (nSPS) is 11.4. The molecule has 0 atom stereocenters. The first-order valence-corrected chi connectivity index (χ1v) is 7.13. The summed E-state index contributed by atoms with van der Waals surface area (Å²) in [4.78, 5) is 8.72. The molecule has 0 saturated carbocycles. The number of hydrogen-bond donors (Lipinski definition) is 2. The maximum atomic E-state index is 5.07. The highest BCUT2D eigenvalue weighted by atomic mass is 16.5. The van der Waals surface area contributed by atoms with Crippen molar-refractivity contribution in [3.63, 3.8) is 0 Å². The molecule has 6 nitrogen and oxygen atoms in total. The first-order valence-electron chi connectivity index (χ1n) is 7.13. The van der Waals surface area contributed by atoms with Crippen molar-refractivity contribution in [1.29, 1.82) is 0 Å². The molecular formula is C15H21N5O. The van der Waals surface area contributed by atoms with Gasteiger partial charge in [0.05, 0.1) is 6.54 Å². The lowest BCUT2D eigenvalue weighted by atomic mass is 10.2. The molecule has 0 aliphatic heterocycles. The summed E-state index contributed by atoms with van der Waals surface area (Å²) in [5, 5.41) is 10.2. The van der Waals surface area contributed by atoms with Crippen LogP contribution < -0.4 is 10.6 Å². The summed E-state index contributed by atoms with van der Waals surface area (Å²) in [6, 6.07) is 10.2. The molecule has 2 aromatic rings. The van der Waals surface area contributed by atoms with E-state index in [0.717, 1.165) is 12.5 Å². The second-order valence-electron chi connectivity index (χ2n) is 4.59. The van der Waals surface area contributed by atoms with E-state index in [1.54, 1.807) is 0 Å². The van der Waals surface area contributed by atoms with Crippen molar-refractivity contribution in [2.75, 3.05) is 13.1 Å². The third-order valence-electron chi connectivity index (χ3n) is 2.81. The number of guanidine groups is 1. The summed E-state index contributed by atoms with van der Waals surface area (Å²) in [6.07, 6.45) is 0.677. The number of benzene rings is 1. The fourth-order valence-corrected chi connectivity index (χ4v) is 1.82. The Bertz CT molecular complexity index is 564. The molecular weight excluding hydrogens is 266 g/mol. The first-order chi connectivity index (χ1) is 10.3. The smallest absolute Gasteiger partial charge is 0.228 e. The first kappa shape index (κ1) is 15.0. The van der Waals surface area contributed by atoms with Gasteiger partial charge in [-0.3, -0.25) is 0 Å². The number of aromatic nitrogens is 2. The zero-order chi connectivity index (χ0) is 14.9. The highest BCUT2D eigenvalue weighted by Gasteiger charge is 2.03. The number of aliphatic imine (C=N–C) groups is 1. The number of rotatable bonds is 6. The van der Waals surface area contributed by atoms with E-state index < -0.39 is 0 Å². The summed E-state index contributed by atoms with van der Waals surface area (Å²) >= 11 is 0. The van der Waals surface area contributed by atoms with Crippen LogP contribution in [0.1, 0.15) is 24.2 Å². The number of aryl methyl sites for hydroxylation is 1. The van der Waals surface area contributed by atoms with Gasteiger partial charge in [0.25, 0.3) is 0 Å². The summed E-state index contributed by atoms with van der Waals surface area (Å²) < 4.78 is 5.07. The van der Waals surface area contributed by atoms with E-state index in [4.69, 9.17) is 4.52 Å². The molecule has 112 valence electrons. The Hall–Kier alpha value is -2.37. The van der Waals surface area contributed by atoms with E-state index >= 15 is 0 Å². The monoisotopic (exact) mass is 287 g/mol. The molecule has 0 spiro atoms. The maximum absolute atomic E-state index is 5.07. The third kappa shape index (κ3) is 5.25. The third-order valence-corrected chi connectivity index (χ3v) is 2.81. The Morgan fingerprint density at radius 1 is 1.24 bits per heavy atom. The minimum Gasteiger partial charge on any atom is -0.357 e. The Labute approximate surface area is 124 Å². The molecule has 1 aromatic heterocycles. The van der Waals surface area contributed by atoms with Crippen molar-refractivity contribution in [2.24, 2.45) is 4.99 Å². The van der Waals surface area contributed by atoms with Gasteiger partial charge in [-0.2, -0.15) is 4.98 Å². The molecule has 2 N–H and O–H groups in total. The Balaban J connectivity index is 1.83.